The van der Waals surface area contributed by atoms with Crippen LogP contribution in [0.25, 0.3) is 0 Å². The molecule has 24 heavy (non-hydrogen) atoms. The van der Waals surface area contributed by atoms with Gasteiger partial charge < -0.3 is 16.0 Å². The molecule has 2 aliphatic rings. The number of quaternary nitrogens is 1. The van der Waals surface area contributed by atoms with E-state index in [2.05, 4.69) is 5.32 Å². The van der Waals surface area contributed by atoms with Gasteiger partial charge in [0.05, 0.1) is 13.1 Å². The number of rotatable bonds is 4. The second-order valence-corrected chi connectivity index (χ2v) is 7.36. The van der Waals surface area contributed by atoms with E-state index >= 15 is 0 Å². The molecule has 0 aromatic heterocycles. The molecule has 1 saturated carbocycles. The van der Waals surface area contributed by atoms with Crippen molar-refractivity contribution in [3.05, 3.63) is 29.8 Å². The second kappa shape index (κ2) is 7.34. The summed E-state index contributed by atoms with van der Waals surface area (Å²) < 4.78 is 0. The van der Waals surface area contributed by atoms with Gasteiger partial charge in [-0.05, 0) is 56.4 Å². The lowest BCUT2D eigenvalue weighted by Crippen LogP contribution is -3.18. The molecule has 3 rings (SSSR count). The van der Waals surface area contributed by atoms with Crippen LogP contribution >= 0.6 is 0 Å². The lowest BCUT2D eigenvalue weighted by Gasteiger charge is -2.40. The van der Waals surface area contributed by atoms with Crippen molar-refractivity contribution >= 4 is 17.5 Å². The summed E-state index contributed by atoms with van der Waals surface area (Å²) in [6, 6.07) is 6.69. The van der Waals surface area contributed by atoms with Gasteiger partial charge in [-0.2, -0.15) is 0 Å². The number of benzene rings is 1. The van der Waals surface area contributed by atoms with Gasteiger partial charge in [0.25, 0.3) is 5.91 Å². The van der Waals surface area contributed by atoms with Crippen molar-refractivity contribution in [3.63, 3.8) is 0 Å². The highest BCUT2D eigenvalue weighted by atomic mass is 16.2. The molecule has 1 aliphatic heterocycles. The molecule has 1 aromatic rings. The Labute approximate surface area is 143 Å². The zero-order valence-corrected chi connectivity index (χ0v) is 14.4. The molecule has 130 valence electrons. The van der Waals surface area contributed by atoms with Crippen LogP contribution in [0.1, 0.15) is 49.4 Å². The third kappa shape index (κ3) is 3.78. The van der Waals surface area contributed by atoms with Crippen molar-refractivity contribution in [3.8, 4) is 0 Å². The summed E-state index contributed by atoms with van der Waals surface area (Å²) >= 11 is 0. The zero-order valence-electron chi connectivity index (χ0n) is 14.4. The SMILES string of the molecule is C[C@@H](C(=O)Nc1ccc(C(N)=O)cc1)[NH+]1CC[C@@H]2CCCC[C@@H]2C1. The number of fused-ring (bicyclic) bond motifs is 1. The Morgan fingerprint density at radius 3 is 2.46 bits per heavy atom. The molecule has 4 atom stereocenters. The molecular formula is C19H28N3O2+. The van der Waals surface area contributed by atoms with Gasteiger partial charge in [-0.15, -0.1) is 0 Å². The number of carbonyl (C=O) groups is 2. The van der Waals surface area contributed by atoms with Gasteiger partial charge in [-0.3, -0.25) is 9.59 Å². The fourth-order valence-electron chi connectivity index (χ4n) is 4.29. The zero-order chi connectivity index (χ0) is 17.1. The fourth-order valence-corrected chi connectivity index (χ4v) is 4.29. The minimum atomic E-state index is -0.457. The molecule has 1 saturated heterocycles. The van der Waals surface area contributed by atoms with E-state index in [9.17, 15) is 9.59 Å². The van der Waals surface area contributed by atoms with Crippen LogP contribution in [0.4, 0.5) is 5.69 Å². The largest absolute Gasteiger partial charge is 0.366 e. The van der Waals surface area contributed by atoms with Crippen molar-refractivity contribution in [1.82, 2.24) is 0 Å². The van der Waals surface area contributed by atoms with Crippen LogP contribution in [0.15, 0.2) is 24.3 Å². The standard InChI is InChI=1S/C19H27N3O2/c1-13(22-11-10-14-4-2-3-5-16(14)12-22)19(24)21-17-8-6-15(7-9-17)18(20)23/h6-9,13-14,16H,2-5,10-12H2,1H3,(H2,20,23)(H,21,24)/p+1/t13-,14-,16+/m0/s1. The molecule has 2 fully saturated rings. The van der Waals surface area contributed by atoms with Crippen molar-refractivity contribution in [2.24, 2.45) is 17.6 Å². The molecule has 5 heteroatoms. The van der Waals surface area contributed by atoms with Gasteiger partial charge in [0.2, 0.25) is 5.91 Å². The maximum atomic E-state index is 12.6. The van der Waals surface area contributed by atoms with Crippen LogP contribution in [0.5, 0.6) is 0 Å². The van der Waals surface area contributed by atoms with Gasteiger partial charge in [0.1, 0.15) is 0 Å². The molecule has 1 aromatic carbocycles. The molecule has 4 N–H and O–H groups in total. The highest BCUT2D eigenvalue weighted by Gasteiger charge is 2.37. The van der Waals surface area contributed by atoms with Crippen molar-refractivity contribution in [2.75, 3.05) is 18.4 Å². The van der Waals surface area contributed by atoms with Crippen molar-refractivity contribution < 1.29 is 14.5 Å². The van der Waals surface area contributed by atoms with E-state index < -0.39 is 5.91 Å². The Morgan fingerprint density at radius 1 is 1.12 bits per heavy atom. The van der Waals surface area contributed by atoms with E-state index in [1.54, 1.807) is 24.3 Å². The highest BCUT2D eigenvalue weighted by Crippen LogP contribution is 2.32. The summed E-state index contributed by atoms with van der Waals surface area (Å²) in [7, 11) is 0. The molecule has 0 radical (unpaired) electrons. The molecule has 5 nitrogen and oxygen atoms in total. The first-order chi connectivity index (χ1) is 11.5. The fraction of sp³-hybridized carbons (Fsp3) is 0.579. The Balaban J connectivity index is 1.57. The maximum absolute atomic E-state index is 12.6. The van der Waals surface area contributed by atoms with Gasteiger partial charge >= 0.3 is 0 Å². The number of nitrogens with one attached hydrogen (secondary N) is 2. The summed E-state index contributed by atoms with van der Waals surface area (Å²) in [5.41, 5.74) is 6.40. The summed E-state index contributed by atoms with van der Waals surface area (Å²) in [5, 5.41) is 2.97. The quantitative estimate of drug-likeness (QED) is 0.776. The van der Waals surface area contributed by atoms with Crippen LogP contribution < -0.4 is 16.0 Å². The molecule has 0 spiro atoms. The predicted molar refractivity (Wildman–Crippen MR) is 93.8 cm³/mol. The van der Waals surface area contributed by atoms with Crippen molar-refractivity contribution in [1.29, 1.82) is 0 Å². The summed E-state index contributed by atoms with van der Waals surface area (Å²) in [6.07, 6.45) is 6.70. The lowest BCUT2D eigenvalue weighted by molar-refractivity contribution is -0.924. The normalized spacial score (nSPS) is 27.8. The molecule has 2 amide bonds. The maximum Gasteiger partial charge on any atom is 0.282 e. The Hall–Kier alpha value is -1.88. The second-order valence-electron chi connectivity index (χ2n) is 7.36. The van der Waals surface area contributed by atoms with Gasteiger partial charge in [-0.1, -0.05) is 12.8 Å². The van der Waals surface area contributed by atoms with Crippen LogP contribution in [-0.2, 0) is 4.79 Å². The number of piperidine rings is 1. The van der Waals surface area contributed by atoms with E-state index in [-0.39, 0.29) is 11.9 Å². The minimum Gasteiger partial charge on any atom is -0.366 e. The minimum absolute atomic E-state index is 0.0473. The number of amides is 2. The number of likely N-dealkylation sites (tertiary alicyclic amines) is 1. The lowest BCUT2D eigenvalue weighted by atomic mass is 9.75. The summed E-state index contributed by atoms with van der Waals surface area (Å²) in [5.74, 6) is 1.28. The Morgan fingerprint density at radius 2 is 1.79 bits per heavy atom. The number of carbonyl (C=O) groups excluding carboxylic acids is 2. The number of hydrogen-bond acceptors (Lipinski definition) is 2. The predicted octanol–water partition coefficient (Wildman–Crippen LogP) is 1.21. The van der Waals surface area contributed by atoms with Gasteiger partial charge in [-0.25, -0.2) is 0 Å². The summed E-state index contributed by atoms with van der Waals surface area (Å²) in [4.78, 5) is 25.1. The Kier molecular flexibility index (Phi) is 5.19. The topological polar surface area (TPSA) is 76.6 Å². The molecular weight excluding hydrogens is 302 g/mol. The van der Waals surface area contributed by atoms with Crippen LogP contribution in [0.3, 0.4) is 0 Å². The van der Waals surface area contributed by atoms with E-state index in [0.29, 0.717) is 11.3 Å². The first kappa shape index (κ1) is 17.0. The number of anilines is 1. The number of nitrogens with two attached hydrogens (primary N) is 1. The number of hydrogen-bond donors (Lipinski definition) is 3. The van der Waals surface area contributed by atoms with Crippen LogP contribution in [-0.4, -0.2) is 30.9 Å². The molecule has 1 heterocycles. The van der Waals surface area contributed by atoms with Crippen LogP contribution in [0, 0.1) is 11.8 Å². The van der Waals surface area contributed by atoms with Gasteiger partial charge in [0.15, 0.2) is 6.04 Å². The highest BCUT2D eigenvalue weighted by molar-refractivity contribution is 5.95. The third-order valence-electron chi connectivity index (χ3n) is 5.87. The van der Waals surface area contributed by atoms with E-state index in [4.69, 9.17) is 5.73 Å². The average Bonchev–Trinajstić information content (AvgIpc) is 2.61. The molecule has 0 bridgehead atoms. The Bertz CT molecular complexity index is 599. The molecule has 1 aliphatic carbocycles. The molecule has 1 unspecified atom stereocenters. The van der Waals surface area contributed by atoms with E-state index in [0.717, 1.165) is 24.9 Å². The van der Waals surface area contributed by atoms with E-state index in [1.165, 1.54) is 37.0 Å². The third-order valence-corrected chi connectivity index (χ3v) is 5.87. The van der Waals surface area contributed by atoms with Crippen LogP contribution in [0.2, 0.25) is 0 Å². The smallest absolute Gasteiger partial charge is 0.282 e. The van der Waals surface area contributed by atoms with Gasteiger partial charge in [0, 0.05) is 17.2 Å². The first-order valence-corrected chi connectivity index (χ1v) is 9.10. The summed E-state index contributed by atoms with van der Waals surface area (Å²) in [6.45, 7) is 4.24. The number of primary amides is 1. The first-order valence-electron chi connectivity index (χ1n) is 9.10. The average molecular weight is 330 g/mol. The van der Waals surface area contributed by atoms with Crippen molar-refractivity contribution in [2.45, 2.75) is 45.1 Å². The monoisotopic (exact) mass is 330 g/mol. The van der Waals surface area contributed by atoms with E-state index in [1.807, 2.05) is 6.92 Å².